The molecule has 3 heterocycles. The highest BCUT2D eigenvalue weighted by atomic mass is 16.5. The number of likely N-dealkylation sites (tertiary alicyclic amines) is 1. The zero-order chi connectivity index (χ0) is 18.8. The van der Waals surface area contributed by atoms with E-state index in [4.69, 9.17) is 9.72 Å². The summed E-state index contributed by atoms with van der Waals surface area (Å²) in [5.41, 5.74) is 5.82. The maximum atomic E-state index is 5.52. The third-order valence-corrected chi connectivity index (χ3v) is 5.41. The first-order valence-electron chi connectivity index (χ1n) is 9.46. The highest BCUT2D eigenvalue weighted by molar-refractivity contribution is 5.60. The number of aryl methyl sites for hydroxylation is 2. The van der Waals surface area contributed by atoms with Crippen molar-refractivity contribution in [2.45, 2.75) is 32.4 Å². The molecule has 4 rings (SSSR count). The number of hydrogen-bond acceptors (Lipinski definition) is 4. The van der Waals surface area contributed by atoms with Gasteiger partial charge >= 0.3 is 0 Å². The van der Waals surface area contributed by atoms with Crippen LogP contribution in [0.1, 0.15) is 35.7 Å². The van der Waals surface area contributed by atoms with E-state index in [2.05, 4.69) is 47.3 Å². The van der Waals surface area contributed by atoms with Gasteiger partial charge in [0.2, 0.25) is 0 Å². The molecule has 3 aromatic rings. The lowest BCUT2D eigenvalue weighted by Crippen LogP contribution is -2.23. The maximum Gasteiger partial charge on any atom is 0.122 e. The summed E-state index contributed by atoms with van der Waals surface area (Å²) in [5.74, 6) is 0.971. The van der Waals surface area contributed by atoms with Crippen molar-refractivity contribution in [2.24, 2.45) is 7.05 Å². The molecular weight excluding hydrogens is 336 g/mol. The van der Waals surface area contributed by atoms with Crippen LogP contribution in [-0.4, -0.2) is 33.3 Å². The molecule has 1 aliphatic heterocycles. The van der Waals surface area contributed by atoms with E-state index in [-0.39, 0.29) is 0 Å². The van der Waals surface area contributed by atoms with Gasteiger partial charge in [0.05, 0.1) is 19.0 Å². The standard InChI is InChI=1S/C22H26N4O/c1-16-6-7-17(11-22(16)27-3)21-5-4-10-26(21)15-20-9-8-18(12-23-20)19-13-24-25(2)14-19/h6-9,11-14,21H,4-5,10,15H2,1-3H3. The van der Waals surface area contributed by atoms with E-state index in [1.54, 1.807) is 7.11 Å². The zero-order valence-corrected chi connectivity index (χ0v) is 16.2. The van der Waals surface area contributed by atoms with E-state index in [9.17, 15) is 0 Å². The summed E-state index contributed by atoms with van der Waals surface area (Å²) in [7, 11) is 3.67. The van der Waals surface area contributed by atoms with Crippen LogP contribution in [0.3, 0.4) is 0 Å². The summed E-state index contributed by atoms with van der Waals surface area (Å²) >= 11 is 0. The minimum Gasteiger partial charge on any atom is -0.496 e. The molecule has 1 unspecified atom stereocenters. The molecule has 0 saturated carbocycles. The normalized spacial score (nSPS) is 17.4. The van der Waals surface area contributed by atoms with Crippen LogP contribution in [0, 0.1) is 6.92 Å². The van der Waals surface area contributed by atoms with Crippen molar-refractivity contribution < 1.29 is 4.74 Å². The van der Waals surface area contributed by atoms with Crippen LogP contribution in [0.15, 0.2) is 48.9 Å². The van der Waals surface area contributed by atoms with E-state index in [1.165, 1.54) is 24.0 Å². The van der Waals surface area contributed by atoms with Crippen molar-refractivity contribution in [3.05, 3.63) is 65.7 Å². The summed E-state index contributed by atoms with van der Waals surface area (Å²) in [6.07, 6.45) is 8.23. The Labute approximate surface area is 160 Å². The summed E-state index contributed by atoms with van der Waals surface area (Å²) in [5, 5.41) is 4.23. The number of pyridine rings is 1. The van der Waals surface area contributed by atoms with Gasteiger partial charge < -0.3 is 4.74 Å². The van der Waals surface area contributed by atoms with E-state index in [1.807, 2.05) is 30.3 Å². The van der Waals surface area contributed by atoms with Crippen LogP contribution in [0.25, 0.3) is 11.1 Å². The van der Waals surface area contributed by atoms with E-state index >= 15 is 0 Å². The van der Waals surface area contributed by atoms with Crippen LogP contribution in [-0.2, 0) is 13.6 Å². The number of nitrogens with zero attached hydrogens (tertiary/aromatic N) is 4. The molecule has 1 aromatic carbocycles. The molecule has 0 spiro atoms. The number of rotatable bonds is 5. The third kappa shape index (κ3) is 3.74. The quantitative estimate of drug-likeness (QED) is 0.684. The number of hydrogen-bond donors (Lipinski definition) is 0. The predicted octanol–water partition coefficient (Wildman–Crippen LogP) is 4.14. The second kappa shape index (κ2) is 7.53. The number of methoxy groups -OCH3 is 1. The maximum absolute atomic E-state index is 5.52. The molecule has 27 heavy (non-hydrogen) atoms. The van der Waals surface area contributed by atoms with Crippen LogP contribution in [0.2, 0.25) is 0 Å². The molecule has 2 aromatic heterocycles. The Bertz CT molecular complexity index is 916. The summed E-state index contributed by atoms with van der Waals surface area (Å²) in [6.45, 7) is 4.06. The Morgan fingerprint density at radius 3 is 2.74 bits per heavy atom. The van der Waals surface area contributed by atoms with Crippen molar-refractivity contribution in [1.29, 1.82) is 0 Å². The lowest BCUT2D eigenvalue weighted by molar-refractivity contribution is 0.245. The molecule has 1 fully saturated rings. The Balaban J connectivity index is 1.50. The van der Waals surface area contributed by atoms with Crippen molar-refractivity contribution in [3.63, 3.8) is 0 Å². The number of benzene rings is 1. The summed E-state index contributed by atoms with van der Waals surface area (Å²) < 4.78 is 7.33. The van der Waals surface area contributed by atoms with Crippen molar-refractivity contribution in [2.75, 3.05) is 13.7 Å². The lowest BCUT2D eigenvalue weighted by Gasteiger charge is -2.25. The second-order valence-electron chi connectivity index (χ2n) is 7.30. The summed E-state index contributed by atoms with van der Waals surface area (Å²) in [6, 6.07) is 11.3. The predicted molar refractivity (Wildman–Crippen MR) is 107 cm³/mol. The first-order valence-corrected chi connectivity index (χ1v) is 9.46. The lowest BCUT2D eigenvalue weighted by atomic mass is 10.0. The Morgan fingerprint density at radius 2 is 2.04 bits per heavy atom. The zero-order valence-electron chi connectivity index (χ0n) is 16.2. The fourth-order valence-corrected chi connectivity index (χ4v) is 3.90. The molecule has 0 N–H and O–H groups in total. The van der Waals surface area contributed by atoms with Gasteiger partial charge in [0.15, 0.2) is 0 Å². The Hall–Kier alpha value is -2.66. The van der Waals surface area contributed by atoms with E-state index in [0.29, 0.717) is 6.04 Å². The molecule has 0 aliphatic carbocycles. The Morgan fingerprint density at radius 1 is 1.15 bits per heavy atom. The molecule has 0 radical (unpaired) electrons. The first-order chi connectivity index (χ1) is 13.1. The first kappa shape index (κ1) is 17.7. The average Bonchev–Trinajstić information content (AvgIpc) is 3.32. The van der Waals surface area contributed by atoms with Gasteiger partial charge in [-0.3, -0.25) is 14.6 Å². The fraction of sp³-hybridized carbons (Fsp3) is 0.364. The van der Waals surface area contributed by atoms with Crippen molar-refractivity contribution >= 4 is 0 Å². The molecule has 5 nitrogen and oxygen atoms in total. The molecule has 0 bridgehead atoms. The van der Waals surface area contributed by atoms with Crippen LogP contribution in [0.4, 0.5) is 0 Å². The second-order valence-corrected chi connectivity index (χ2v) is 7.30. The van der Waals surface area contributed by atoms with Gasteiger partial charge in [-0.2, -0.15) is 5.10 Å². The highest BCUT2D eigenvalue weighted by Crippen LogP contribution is 2.35. The molecule has 140 valence electrons. The number of aromatic nitrogens is 3. The van der Waals surface area contributed by atoms with E-state index in [0.717, 1.165) is 35.7 Å². The van der Waals surface area contributed by atoms with Gasteiger partial charge in [-0.1, -0.05) is 18.2 Å². The summed E-state index contributed by atoms with van der Waals surface area (Å²) in [4.78, 5) is 7.22. The van der Waals surface area contributed by atoms with Crippen LogP contribution >= 0.6 is 0 Å². The topological polar surface area (TPSA) is 43.2 Å². The van der Waals surface area contributed by atoms with Crippen LogP contribution < -0.4 is 4.74 Å². The number of ether oxygens (including phenoxy) is 1. The van der Waals surface area contributed by atoms with E-state index < -0.39 is 0 Å². The molecular formula is C22H26N4O. The van der Waals surface area contributed by atoms with Gasteiger partial charge in [0.25, 0.3) is 0 Å². The van der Waals surface area contributed by atoms with Gasteiger partial charge in [-0.15, -0.1) is 0 Å². The molecule has 5 heteroatoms. The van der Waals surface area contributed by atoms with Gasteiger partial charge in [0.1, 0.15) is 5.75 Å². The van der Waals surface area contributed by atoms with Gasteiger partial charge in [-0.05, 0) is 49.6 Å². The SMILES string of the molecule is COc1cc(C2CCCN2Cc2ccc(-c3cnn(C)c3)cn2)ccc1C. The smallest absolute Gasteiger partial charge is 0.122 e. The molecule has 1 aliphatic rings. The van der Waals surface area contributed by atoms with Gasteiger partial charge in [0, 0.05) is 43.2 Å². The largest absolute Gasteiger partial charge is 0.496 e. The Kier molecular flexibility index (Phi) is 4.94. The average molecular weight is 362 g/mol. The fourth-order valence-electron chi connectivity index (χ4n) is 3.90. The monoisotopic (exact) mass is 362 g/mol. The third-order valence-electron chi connectivity index (χ3n) is 5.41. The van der Waals surface area contributed by atoms with Crippen molar-refractivity contribution in [3.8, 4) is 16.9 Å². The minimum atomic E-state index is 0.430. The molecule has 0 amide bonds. The molecule has 1 atom stereocenters. The van der Waals surface area contributed by atoms with Crippen molar-refractivity contribution in [1.82, 2.24) is 19.7 Å². The van der Waals surface area contributed by atoms with Gasteiger partial charge in [-0.25, -0.2) is 0 Å². The molecule has 1 saturated heterocycles. The van der Waals surface area contributed by atoms with Crippen LogP contribution in [0.5, 0.6) is 5.75 Å². The minimum absolute atomic E-state index is 0.430. The highest BCUT2D eigenvalue weighted by Gasteiger charge is 2.26.